The largest absolute Gasteiger partial charge is 0.477 e. The van der Waals surface area contributed by atoms with E-state index in [2.05, 4.69) is 86.8 Å². The summed E-state index contributed by atoms with van der Waals surface area (Å²) < 4.78 is 17.1. The van der Waals surface area contributed by atoms with Crippen molar-refractivity contribution in [3.63, 3.8) is 0 Å². The monoisotopic (exact) mass is 743 g/mol. The van der Waals surface area contributed by atoms with Crippen molar-refractivity contribution in [2.45, 2.75) is 154 Å². The molecule has 0 aliphatic heterocycles. The molecule has 0 amide bonds. The Morgan fingerprint density at radius 1 is 0.585 bits per heavy atom. The van der Waals surface area contributed by atoms with Gasteiger partial charge in [-0.1, -0.05) is 132 Å². The van der Waals surface area contributed by atoms with Crippen molar-refractivity contribution in [3.8, 4) is 0 Å². The van der Waals surface area contributed by atoms with Crippen molar-refractivity contribution in [2.24, 2.45) is 0 Å². The molecule has 53 heavy (non-hydrogen) atoms. The maximum atomic E-state index is 12.7. The van der Waals surface area contributed by atoms with E-state index >= 15 is 0 Å². The number of aliphatic carboxylic acids is 1. The number of carboxylic acid groups (broad SMARTS) is 1. The Kier molecular flexibility index (Phi) is 33.6. The molecule has 0 heterocycles. The molecule has 0 spiro atoms. The summed E-state index contributed by atoms with van der Waals surface area (Å²) in [6, 6.07) is -0.622. The molecule has 0 fully saturated rings. The molecule has 2 unspecified atom stereocenters. The zero-order valence-electron chi connectivity index (χ0n) is 34.2. The second kappa shape index (κ2) is 35.8. The molecule has 0 bridgehead atoms. The Bertz CT molecular complexity index is 1100. The topological polar surface area (TPSA) is 99.1 Å². The fraction of sp³-hybridized carbons (Fsp3) is 0.667. The molecule has 2 atom stereocenters. The van der Waals surface area contributed by atoms with Gasteiger partial charge in [0.25, 0.3) is 0 Å². The molecule has 8 nitrogen and oxygen atoms in total. The van der Waals surface area contributed by atoms with E-state index in [4.69, 9.17) is 14.2 Å². The predicted molar refractivity (Wildman–Crippen MR) is 220 cm³/mol. The molecule has 8 heteroatoms. The van der Waals surface area contributed by atoms with Gasteiger partial charge in [0.2, 0.25) is 0 Å². The average Bonchev–Trinajstić information content (AvgIpc) is 3.11. The van der Waals surface area contributed by atoms with Gasteiger partial charge in [0.1, 0.15) is 6.61 Å². The van der Waals surface area contributed by atoms with Crippen molar-refractivity contribution in [1.29, 1.82) is 0 Å². The fourth-order valence-corrected chi connectivity index (χ4v) is 5.45. The second-order valence-corrected chi connectivity index (χ2v) is 14.5. The SMILES string of the molecule is CC/C=C/C/C=C/C/C=C/C/C=C/C/C=C/C/C=C/CCCCCC(=O)OC(COCCC(C(=O)O)[N+](C)(C)C)COC(=O)CCCCCCCCC. The van der Waals surface area contributed by atoms with Crippen LogP contribution in [0.2, 0.25) is 0 Å². The van der Waals surface area contributed by atoms with Crippen LogP contribution in [-0.2, 0) is 28.6 Å². The third-order valence-corrected chi connectivity index (χ3v) is 8.62. The minimum absolute atomic E-state index is 0.0443. The molecule has 0 aromatic rings. The van der Waals surface area contributed by atoms with Crippen LogP contribution < -0.4 is 0 Å². The number of rotatable bonds is 35. The first-order valence-corrected chi connectivity index (χ1v) is 20.5. The zero-order chi connectivity index (χ0) is 39.3. The van der Waals surface area contributed by atoms with Crippen molar-refractivity contribution in [3.05, 3.63) is 72.9 Å². The van der Waals surface area contributed by atoms with E-state index in [9.17, 15) is 19.5 Å². The summed E-state index contributed by atoms with van der Waals surface area (Å²) in [5.41, 5.74) is 0. The van der Waals surface area contributed by atoms with Gasteiger partial charge >= 0.3 is 17.9 Å². The number of hydrogen-bond acceptors (Lipinski definition) is 6. The van der Waals surface area contributed by atoms with Crippen LogP contribution in [0.3, 0.4) is 0 Å². The maximum absolute atomic E-state index is 12.7. The van der Waals surface area contributed by atoms with Crippen LogP contribution in [-0.4, -0.2) is 80.6 Å². The lowest BCUT2D eigenvalue weighted by Crippen LogP contribution is -2.50. The van der Waals surface area contributed by atoms with Crippen LogP contribution >= 0.6 is 0 Å². The summed E-state index contributed by atoms with van der Waals surface area (Å²) in [7, 11) is 5.49. The van der Waals surface area contributed by atoms with Gasteiger partial charge in [0.15, 0.2) is 12.1 Å². The van der Waals surface area contributed by atoms with Crippen molar-refractivity contribution in [1.82, 2.24) is 0 Å². The maximum Gasteiger partial charge on any atom is 0.362 e. The summed E-state index contributed by atoms with van der Waals surface area (Å²) in [6.07, 6.45) is 43.9. The zero-order valence-corrected chi connectivity index (χ0v) is 34.2. The number of likely N-dealkylation sites (N-methyl/N-ethyl adjacent to an activating group) is 1. The lowest BCUT2D eigenvalue weighted by molar-refractivity contribution is -0.887. The van der Waals surface area contributed by atoms with Gasteiger partial charge in [-0.25, -0.2) is 4.79 Å². The van der Waals surface area contributed by atoms with E-state index in [-0.39, 0.29) is 42.7 Å². The van der Waals surface area contributed by atoms with E-state index in [1.807, 2.05) is 21.1 Å². The Labute approximate surface area is 323 Å². The van der Waals surface area contributed by atoms with Gasteiger partial charge in [-0.15, -0.1) is 0 Å². The summed E-state index contributed by atoms with van der Waals surface area (Å²) in [6.45, 7) is 4.52. The number of esters is 2. The molecule has 0 aliphatic rings. The molecule has 0 rings (SSSR count). The number of nitrogens with zero attached hydrogens (tertiary/aromatic N) is 1. The Morgan fingerprint density at radius 2 is 1.06 bits per heavy atom. The van der Waals surface area contributed by atoms with Gasteiger partial charge in [-0.3, -0.25) is 9.59 Å². The van der Waals surface area contributed by atoms with Gasteiger partial charge < -0.3 is 23.8 Å². The number of unbranched alkanes of at least 4 members (excludes halogenated alkanes) is 9. The number of allylic oxidation sites excluding steroid dienone is 12. The molecule has 0 saturated heterocycles. The Balaban J connectivity index is 4.37. The fourth-order valence-electron chi connectivity index (χ4n) is 5.45. The van der Waals surface area contributed by atoms with Crippen LogP contribution in [0.15, 0.2) is 72.9 Å². The average molecular weight is 743 g/mol. The third-order valence-electron chi connectivity index (χ3n) is 8.62. The number of carboxylic acids is 1. The number of quaternary nitrogens is 1. The predicted octanol–water partition coefficient (Wildman–Crippen LogP) is 10.8. The first-order chi connectivity index (χ1) is 25.6. The molecule has 0 aromatic heterocycles. The van der Waals surface area contributed by atoms with Crippen LogP contribution in [0.4, 0.5) is 0 Å². The van der Waals surface area contributed by atoms with Crippen LogP contribution in [0.25, 0.3) is 0 Å². The first-order valence-electron chi connectivity index (χ1n) is 20.5. The number of carbonyl (C=O) groups excluding carboxylic acids is 2. The molecule has 1 N–H and O–H groups in total. The van der Waals surface area contributed by atoms with E-state index in [0.717, 1.165) is 83.5 Å². The summed E-state index contributed by atoms with van der Waals surface area (Å²) in [4.78, 5) is 36.7. The van der Waals surface area contributed by atoms with Crippen molar-refractivity contribution >= 4 is 17.9 Å². The van der Waals surface area contributed by atoms with Crippen molar-refractivity contribution < 1.29 is 38.2 Å². The highest BCUT2D eigenvalue weighted by molar-refractivity contribution is 5.72. The Morgan fingerprint density at radius 3 is 1.57 bits per heavy atom. The second-order valence-electron chi connectivity index (χ2n) is 14.5. The highest BCUT2D eigenvalue weighted by atomic mass is 16.6. The molecule has 302 valence electrons. The first kappa shape index (κ1) is 49.8. The minimum atomic E-state index is -0.885. The summed E-state index contributed by atoms with van der Waals surface area (Å²) in [5.74, 6) is -1.53. The third kappa shape index (κ3) is 34.3. The molecule has 0 radical (unpaired) electrons. The lowest BCUT2D eigenvalue weighted by Gasteiger charge is -2.31. The number of carbonyl (C=O) groups is 3. The number of ether oxygens (including phenoxy) is 3. The highest BCUT2D eigenvalue weighted by Gasteiger charge is 2.31. The minimum Gasteiger partial charge on any atom is -0.477 e. The van der Waals surface area contributed by atoms with Gasteiger partial charge in [0, 0.05) is 19.3 Å². The summed E-state index contributed by atoms with van der Waals surface area (Å²) >= 11 is 0. The van der Waals surface area contributed by atoms with Gasteiger partial charge in [-0.2, -0.15) is 0 Å². The normalized spacial score (nSPS) is 13.8. The van der Waals surface area contributed by atoms with Crippen LogP contribution in [0.1, 0.15) is 142 Å². The summed E-state index contributed by atoms with van der Waals surface area (Å²) in [5, 5.41) is 9.58. The Hall–Kier alpha value is -3.23. The van der Waals surface area contributed by atoms with E-state index in [1.165, 1.54) is 25.7 Å². The van der Waals surface area contributed by atoms with E-state index in [1.54, 1.807) is 0 Å². The number of hydrogen-bond donors (Lipinski definition) is 1. The van der Waals surface area contributed by atoms with Crippen molar-refractivity contribution in [2.75, 3.05) is 41.0 Å². The van der Waals surface area contributed by atoms with E-state index in [0.29, 0.717) is 12.8 Å². The highest BCUT2D eigenvalue weighted by Crippen LogP contribution is 2.12. The molecular formula is C45H76NO7+. The molecule has 0 aliphatic carbocycles. The lowest BCUT2D eigenvalue weighted by atomic mass is 10.1. The smallest absolute Gasteiger partial charge is 0.362 e. The van der Waals surface area contributed by atoms with Crippen LogP contribution in [0, 0.1) is 0 Å². The van der Waals surface area contributed by atoms with Gasteiger partial charge in [-0.05, 0) is 64.2 Å². The van der Waals surface area contributed by atoms with Gasteiger partial charge in [0.05, 0.1) is 34.4 Å². The molecule has 0 saturated carbocycles. The molecular weight excluding hydrogens is 666 g/mol. The quantitative estimate of drug-likeness (QED) is 0.0299. The standard InChI is InChI=1S/C45H75NO7/c1-6-8-10-12-14-15-16-17-18-19-20-21-22-23-24-25-26-27-28-30-32-34-36-44(48)53-41(39-51-38-37-42(45(49)50)46(3,4)5)40-52-43(47)35-33-31-29-13-11-9-7-2/h8,10,14-15,17-18,20-21,23-24,26-27,41-42H,6-7,9,11-13,16,19,22,25,28-40H2,1-5H3/p+1/b10-8+,15-14+,18-17+,21-20+,24-23+,27-26+. The molecule has 0 aromatic carbocycles. The van der Waals surface area contributed by atoms with Crippen LogP contribution in [0.5, 0.6) is 0 Å². The van der Waals surface area contributed by atoms with E-state index < -0.39 is 18.1 Å².